The minimum atomic E-state index is -0.128. The summed E-state index contributed by atoms with van der Waals surface area (Å²) < 4.78 is 1.82. The molecular formula is C11H14Cl2N4O. The maximum absolute atomic E-state index is 11.5. The minimum absolute atomic E-state index is 0. The maximum Gasteiger partial charge on any atom is 0.240 e. The largest absolute Gasteiger partial charge is 0.313 e. The van der Waals surface area contributed by atoms with Crippen molar-refractivity contribution >= 4 is 46.9 Å². The molecule has 1 aromatic heterocycles. The Hall–Kier alpha value is -1.30. The van der Waals surface area contributed by atoms with Crippen molar-refractivity contribution in [3.63, 3.8) is 0 Å². The predicted octanol–water partition coefficient (Wildman–Crippen LogP) is 1.81. The summed E-state index contributed by atoms with van der Waals surface area (Å²) in [5, 5.41) is 6.14. The Morgan fingerprint density at radius 2 is 2.22 bits per heavy atom. The number of nitrogens with one attached hydrogen (secondary N) is 2. The summed E-state index contributed by atoms with van der Waals surface area (Å²) in [5.41, 5.74) is 1.69. The van der Waals surface area contributed by atoms with Crippen LogP contribution in [0.5, 0.6) is 0 Å². The second kappa shape index (κ2) is 6.04. The molecule has 5 nitrogen and oxygen atoms in total. The summed E-state index contributed by atoms with van der Waals surface area (Å²) in [4.78, 5) is 15.8. The highest BCUT2D eigenvalue weighted by Crippen LogP contribution is 2.21. The minimum Gasteiger partial charge on any atom is -0.313 e. The van der Waals surface area contributed by atoms with Crippen LogP contribution >= 0.6 is 24.0 Å². The Kier molecular flexibility index (Phi) is 4.95. The topological polar surface area (TPSA) is 59.0 Å². The van der Waals surface area contributed by atoms with Crippen molar-refractivity contribution in [2.24, 2.45) is 7.05 Å². The summed E-state index contributed by atoms with van der Waals surface area (Å²) in [5.74, 6) is 0.388. The monoisotopic (exact) mass is 288 g/mol. The summed E-state index contributed by atoms with van der Waals surface area (Å²) in [7, 11) is 3.56. The number of carbonyl (C=O) groups excluding carboxylic acids is 1. The van der Waals surface area contributed by atoms with Crippen molar-refractivity contribution in [2.45, 2.75) is 0 Å². The standard InChI is InChI=1S/C11H13ClN4O.ClH/c1-13-6-10(17)15-11-14-8-5-7(12)3-4-9(8)16(11)2;/h3-5,13H,6H2,1-2H3,(H,14,15,17);1H. The van der Waals surface area contributed by atoms with E-state index in [0.29, 0.717) is 11.0 Å². The van der Waals surface area contributed by atoms with E-state index in [1.807, 2.05) is 17.7 Å². The Balaban J connectivity index is 0.00000162. The van der Waals surface area contributed by atoms with Crippen molar-refractivity contribution in [1.29, 1.82) is 0 Å². The number of aromatic nitrogens is 2. The van der Waals surface area contributed by atoms with Crippen LogP contribution in [0, 0.1) is 0 Å². The molecule has 1 amide bonds. The number of fused-ring (bicyclic) bond motifs is 1. The third-order valence-corrected chi connectivity index (χ3v) is 2.67. The van der Waals surface area contributed by atoms with Gasteiger partial charge in [-0.05, 0) is 25.2 Å². The van der Waals surface area contributed by atoms with Crippen LogP contribution in [0.3, 0.4) is 0 Å². The molecule has 98 valence electrons. The van der Waals surface area contributed by atoms with Crippen LogP contribution in [0.1, 0.15) is 0 Å². The van der Waals surface area contributed by atoms with Gasteiger partial charge in [0.05, 0.1) is 17.6 Å². The van der Waals surface area contributed by atoms with Gasteiger partial charge in [0.25, 0.3) is 0 Å². The van der Waals surface area contributed by atoms with Crippen LogP contribution in [0.4, 0.5) is 5.95 Å². The number of halogens is 2. The first-order valence-corrected chi connectivity index (χ1v) is 5.56. The number of hydrogen-bond acceptors (Lipinski definition) is 3. The molecule has 2 aromatic rings. The molecule has 0 atom stereocenters. The van der Waals surface area contributed by atoms with E-state index >= 15 is 0 Å². The van der Waals surface area contributed by atoms with Crippen molar-refractivity contribution < 1.29 is 4.79 Å². The zero-order valence-electron chi connectivity index (χ0n) is 10.0. The smallest absolute Gasteiger partial charge is 0.240 e. The highest BCUT2D eigenvalue weighted by atomic mass is 35.5. The fourth-order valence-corrected chi connectivity index (χ4v) is 1.78. The van der Waals surface area contributed by atoms with E-state index in [9.17, 15) is 4.79 Å². The maximum atomic E-state index is 11.5. The lowest BCUT2D eigenvalue weighted by atomic mass is 10.3. The second-order valence-electron chi connectivity index (χ2n) is 3.71. The number of anilines is 1. The van der Waals surface area contributed by atoms with Gasteiger partial charge in [-0.2, -0.15) is 0 Å². The van der Waals surface area contributed by atoms with Gasteiger partial charge < -0.3 is 9.88 Å². The Morgan fingerprint density at radius 1 is 1.50 bits per heavy atom. The number of nitrogens with zero attached hydrogens (tertiary/aromatic N) is 2. The molecule has 0 spiro atoms. The molecule has 0 saturated carbocycles. The van der Waals surface area contributed by atoms with E-state index in [2.05, 4.69) is 15.6 Å². The lowest BCUT2D eigenvalue weighted by molar-refractivity contribution is -0.115. The zero-order valence-corrected chi connectivity index (χ0v) is 11.6. The number of carbonyl (C=O) groups is 1. The highest BCUT2D eigenvalue weighted by molar-refractivity contribution is 6.31. The molecule has 0 bridgehead atoms. The molecule has 0 radical (unpaired) electrons. The van der Waals surface area contributed by atoms with Crippen LogP contribution in [-0.2, 0) is 11.8 Å². The number of rotatable bonds is 3. The number of imidazole rings is 1. The number of aryl methyl sites for hydroxylation is 1. The lowest BCUT2D eigenvalue weighted by Crippen LogP contribution is -2.26. The fourth-order valence-electron chi connectivity index (χ4n) is 1.61. The Morgan fingerprint density at radius 3 is 2.89 bits per heavy atom. The molecule has 1 heterocycles. The van der Waals surface area contributed by atoms with Gasteiger partial charge in [-0.25, -0.2) is 4.98 Å². The summed E-state index contributed by atoms with van der Waals surface area (Å²) in [6.45, 7) is 0.254. The fraction of sp³-hybridized carbons (Fsp3) is 0.273. The first kappa shape index (κ1) is 14.8. The number of hydrogen-bond donors (Lipinski definition) is 2. The van der Waals surface area contributed by atoms with Gasteiger partial charge in [0.2, 0.25) is 11.9 Å². The first-order valence-electron chi connectivity index (χ1n) is 5.18. The van der Waals surface area contributed by atoms with Gasteiger partial charge in [-0.1, -0.05) is 11.6 Å². The normalized spacial score (nSPS) is 10.2. The first-order chi connectivity index (χ1) is 8.11. The van der Waals surface area contributed by atoms with E-state index in [4.69, 9.17) is 11.6 Å². The van der Waals surface area contributed by atoms with Crippen molar-refractivity contribution in [3.8, 4) is 0 Å². The quantitative estimate of drug-likeness (QED) is 0.906. The van der Waals surface area contributed by atoms with Crippen LogP contribution in [-0.4, -0.2) is 29.1 Å². The van der Waals surface area contributed by atoms with Crippen LogP contribution in [0.15, 0.2) is 18.2 Å². The molecule has 7 heteroatoms. The van der Waals surface area contributed by atoms with Gasteiger partial charge >= 0.3 is 0 Å². The van der Waals surface area contributed by atoms with E-state index < -0.39 is 0 Å². The van der Waals surface area contributed by atoms with Gasteiger partial charge in [-0.3, -0.25) is 10.1 Å². The van der Waals surface area contributed by atoms with Crippen molar-refractivity contribution in [1.82, 2.24) is 14.9 Å². The molecule has 1 aromatic carbocycles. The highest BCUT2D eigenvalue weighted by Gasteiger charge is 2.10. The summed E-state index contributed by atoms with van der Waals surface area (Å²) in [6.07, 6.45) is 0. The molecule has 0 aliphatic heterocycles. The SMILES string of the molecule is CNCC(=O)Nc1nc2cc(Cl)ccc2n1C.Cl. The van der Waals surface area contributed by atoms with Gasteiger partial charge in [0.15, 0.2) is 0 Å². The molecule has 0 saturated heterocycles. The molecule has 0 unspecified atom stereocenters. The molecule has 0 aliphatic carbocycles. The van der Waals surface area contributed by atoms with Gasteiger partial charge in [-0.15, -0.1) is 12.4 Å². The third-order valence-electron chi connectivity index (χ3n) is 2.43. The Bertz CT molecular complexity index is 567. The van der Waals surface area contributed by atoms with E-state index in [1.54, 1.807) is 19.2 Å². The molecule has 0 fully saturated rings. The van der Waals surface area contributed by atoms with Gasteiger partial charge in [0.1, 0.15) is 0 Å². The molecule has 2 rings (SSSR count). The second-order valence-corrected chi connectivity index (χ2v) is 4.14. The molecule has 18 heavy (non-hydrogen) atoms. The van der Waals surface area contributed by atoms with Crippen LogP contribution in [0.2, 0.25) is 5.02 Å². The van der Waals surface area contributed by atoms with Crippen LogP contribution < -0.4 is 10.6 Å². The van der Waals surface area contributed by atoms with Gasteiger partial charge in [0, 0.05) is 12.1 Å². The van der Waals surface area contributed by atoms with E-state index in [0.717, 1.165) is 11.0 Å². The predicted molar refractivity (Wildman–Crippen MR) is 75.5 cm³/mol. The van der Waals surface area contributed by atoms with Crippen LogP contribution in [0.25, 0.3) is 11.0 Å². The summed E-state index contributed by atoms with van der Waals surface area (Å²) in [6, 6.07) is 5.44. The molecule has 0 aliphatic rings. The number of likely N-dealkylation sites (N-methyl/N-ethyl adjacent to an activating group) is 1. The zero-order chi connectivity index (χ0) is 12.4. The van der Waals surface area contributed by atoms with Crippen molar-refractivity contribution in [3.05, 3.63) is 23.2 Å². The lowest BCUT2D eigenvalue weighted by Gasteiger charge is -2.04. The van der Waals surface area contributed by atoms with E-state index in [-0.39, 0.29) is 24.9 Å². The average Bonchev–Trinajstić information content (AvgIpc) is 2.55. The van der Waals surface area contributed by atoms with E-state index in [1.165, 1.54) is 0 Å². The number of benzene rings is 1. The van der Waals surface area contributed by atoms with Crippen molar-refractivity contribution in [2.75, 3.05) is 18.9 Å². The summed E-state index contributed by atoms with van der Waals surface area (Å²) >= 11 is 5.89. The average molecular weight is 289 g/mol. The molecule has 2 N–H and O–H groups in total. The third kappa shape index (κ3) is 2.93. The molecular weight excluding hydrogens is 275 g/mol. The Labute approximate surface area is 116 Å². The number of amides is 1.